The van der Waals surface area contributed by atoms with Crippen LogP contribution in [-0.4, -0.2) is 70.7 Å². The number of ether oxygens (including phenoxy) is 1. The second-order valence-electron chi connectivity index (χ2n) is 12.3. The second kappa shape index (κ2) is 15.2. The van der Waals surface area contributed by atoms with Gasteiger partial charge in [-0.15, -0.1) is 0 Å². The van der Waals surface area contributed by atoms with Crippen LogP contribution in [0.5, 0.6) is 0 Å². The van der Waals surface area contributed by atoms with Crippen LogP contribution in [0.2, 0.25) is 0 Å². The molecule has 5 rings (SSSR count). The lowest BCUT2D eigenvalue weighted by Crippen LogP contribution is -2.70. The molecule has 0 bridgehead atoms. The number of hydrogen-bond donors (Lipinski definition) is 0. The number of nitrogens with zero attached hydrogens (tertiary/aromatic N) is 3. The molecule has 230 valence electrons. The molecule has 2 aromatic carbocycles. The Morgan fingerprint density at radius 3 is 2.05 bits per heavy atom. The van der Waals surface area contributed by atoms with Crippen LogP contribution in [0.15, 0.2) is 60.7 Å². The molecule has 2 saturated heterocycles. The molecule has 3 aliphatic rings. The third-order valence-electron chi connectivity index (χ3n) is 9.30. The number of rotatable bonds is 11. The van der Waals surface area contributed by atoms with Crippen molar-refractivity contribution in [2.75, 3.05) is 26.2 Å². The van der Waals surface area contributed by atoms with Crippen LogP contribution >= 0.6 is 0 Å². The van der Waals surface area contributed by atoms with Gasteiger partial charge in [0.25, 0.3) is 0 Å². The zero-order chi connectivity index (χ0) is 30.0. The number of unbranched alkanes of at least 4 members (excludes halogenated alkanes) is 2. The summed E-state index contributed by atoms with van der Waals surface area (Å²) in [5.41, 5.74) is 2.18. The number of imide groups is 1. The number of benzene rings is 2. The third kappa shape index (κ3) is 8.03. The zero-order valence-electron chi connectivity index (χ0n) is 25.2. The normalized spacial score (nSPS) is 20.9. The molecule has 2 aromatic rings. The van der Waals surface area contributed by atoms with Gasteiger partial charge < -0.3 is 14.5 Å². The van der Waals surface area contributed by atoms with Crippen molar-refractivity contribution in [3.05, 3.63) is 71.8 Å². The zero-order valence-corrected chi connectivity index (χ0v) is 25.2. The van der Waals surface area contributed by atoms with Gasteiger partial charge in [0.15, 0.2) is 6.04 Å². The topological polar surface area (TPSA) is 87.2 Å². The van der Waals surface area contributed by atoms with Crippen molar-refractivity contribution in [3.63, 3.8) is 0 Å². The van der Waals surface area contributed by atoms with Crippen molar-refractivity contribution in [2.45, 2.75) is 83.3 Å². The van der Waals surface area contributed by atoms with E-state index in [0.29, 0.717) is 44.9 Å². The van der Waals surface area contributed by atoms with Crippen molar-refractivity contribution in [2.24, 2.45) is 11.8 Å². The highest BCUT2D eigenvalue weighted by Gasteiger charge is 2.56. The van der Waals surface area contributed by atoms with Crippen LogP contribution in [0.1, 0.15) is 75.3 Å². The molecule has 0 N–H and O–H groups in total. The summed E-state index contributed by atoms with van der Waals surface area (Å²) in [6.45, 7) is 1.68. The summed E-state index contributed by atoms with van der Waals surface area (Å²) in [6, 6.07) is 18.5. The van der Waals surface area contributed by atoms with E-state index < -0.39 is 24.0 Å². The molecule has 1 aliphatic carbocycles. The fraction of sp³-hybridized carbons (Fsp3) is 0.543. The fourth-order valence-corrected chi connectivity index (χ4v) is 6.74. The SMILES string of the molecule is O=C(OCc1ccccc1)C1C(CC2CCCCC2)C(=O)N1C(=O)N1CCN(C(=O)CCCCCc2ccccc2)CC1. The van der Waals surface area contributed by atoms with E-state index >= 15 is 0 Å². The van der Waals surface area contributed by atoms with Crippen LogP contribution in [0.3, 0.4) is 0 Å². The number of carbonyl (C=O) groups excluding carboxylic acids is 4. The number of β-lactam (4-membered cyclic amide) rings is 1. The van der Waals surface area contributed by atoms with Crippen LogP contribution in [0, 0.1) is 11.8 Å². The van der Waals surface area contributed by atoms with Gasteiger partial charge in [0, 0.05) is 32.6 Å². The Balaban J connectivity index is 1.11. The maximum absolute atomic E-state index is 13.6. The fourth-order valence-electron chi connectivity index (χ4n) is 6.74. The third-order valence-corrected chi connectivity index (χ3v) is 9.30. The average molecular weight is 588 g/mol. The maximum Gasteiger partial charge on any atom is 0.330 e. The maximum atomic E-state index is 13.6. The van der Waals surface area contributed by atoms with E-state index in [2.05, 4.69) is 24.3 Å². The Bertz CT molecular complexity index is 1220. The molecule has 2 heterocycles. The molecule has 2 aliphatic heterocycles. The molecule has 8 heteroatoms. The predicted octanol–water partition coefficient (Wildman–Crippen LogP) is 5.59. The van der Waals surface area contributed by atoms with Gasteiger partial charge in [0.2, 0.25) is 11.8 Å². The number of amides is 4. The molecule has 0 aromatic heterocycles. The van der Waals surface area contributed by atoms with E-state index in [1.165, 1.54) is 12.0 Å². The second-order valence-corrected chi connectivity index (χ2v) is 12.3. The molecule has 8 nitrogen and oxygen atoms in total. The Morgan fingerprint density at radius 1 is 0.744 bits per heavy atom. The highest BCUT2D eigenvalue weighted by Crippen LogP contribution is 2.38. The standard InChI is InChI=1S/C35H45N3O5/c39-31(20-12-4-7-15-27-13-5-1-6-14-27)36-21-23-37(24-22-36)35(42)38-32(34(41)43-26-29-18-10-3-11-19-29)30(33(38)40)25-28-16-8-2-9-17-28/h1,3,5-6,10-11,13-14,18-19,28,30,32H,2,4,7-9,12,15-17,20-26H2. The molecular formula is C35H45N3O5. The van der Waals surface area contributed by atoms with E-state index in [9.17, 15) is 19.2 Å². The van der Waals surface area contributed by atoms with Gasteiger partial charge in [-0.25, -0.2) is 14.5 Å². The summed E-state index contributed by atoms with van der Waals surface area (Å²) in [5, 5.41) is 0. The minimum atomic E-state index is -0.888. The molecule has 4 amide bonds. The lowest BCUT2D eigenvalue weighted by atomic mass is 9.76. The van der Waals surface area contributed by atoms with Crippen molar-refractivity contribution in [1.82, 2.24) is 14.7 Å². The lowest BCUT2D eigenvalue weighted by molar-refractivity contribution is -0.172. The van der Waals surface area contributed by atoms with Gasteiger partial charge in [-0.05, 0) is 42.7 Å². The quantitative estimate of drug-likeness (QED) is 0.194. The van der Waals surface area contributed by atoms with Crippen LogP contribution in [0.25, 0.3) is 0 Å². The highest BCUT2D eigenvalue weighted by molar-refractivity contribution is 6.07. The Labute approximate surface area is 255 Å². The summed E-state index contributed by atoms with van der Waals surface area (Å²) in [6.07, 6.45) is 10.7. The smallest absolute Gasteiger partial charge is 0.330 e. The lowest BCUT2D eigenvalue weighted by Gasteiger charge is -2.47. The molecule has 1 saturated carbocycles. The van der Waals surface area contributed by atoms with Crippen LogP contribution in [-0.2, 0) is 32.1 Å². The van der Waals surface area contributed by atoms with Gasteiger partial charge in [0.1, 0.15) is 6.61 Å². The minimum Gasteiger partial charge on any atom is -0.459 e. The Morgan fingerprint density at radius 2 is 1.37 bits per heavy atom. The number of urea groups is 1. The first kappa shape index (κ1) is 30.8. The predicted molar refractivity (Wildman–Crippen MR) is 164 cm³/mol. The molecule has 43 heavy (non-hydrogen) atoms. The van der Waals surface area contributed by atoms with Crippen molar-refractivity contribution >= 4 is 23.8 Å². The van der Waals surface area contributed by atoms with E-state index in [4.69, 9.17) is 4.74 Å². The Kier molecular flexibility index (Phi) is 10.9. The van der Waals surface area contributed by atoms with Gasteiger partial charge in [-0.1, -0.05) is 99.2 Å². The number of likely N-dealkylation sites (tertiary alicyclic amines) is 1. The largest absolute Gasteiger partial charge is 0.459 e. The van der Waals surface area contributed by atoms with E-state index in [0.717, 1.165) is 61.8 Å². The molecular weight excluding hydrogens is 542 g/mol. The monoisotopic (exact) mass is 587 g/mol. The minimum absolute atomic E-state index is 0.107. The van der Waals surface area contributed by atoms with Gasteiger partial charge in [0.05, 0.1) is 5.92 Å². The van der Waals surface area contributed by atoms with Crippen molar-refractivity contribution < 1.29 is 23.9 Å². The van der Waals surface area contributed by atoms with Gasteiger partial charge in [-0.2, -0.15) is 0 Å². The number of esters is 1. The molecule has 0 spiro atoms. The van der Waals surface area contributed by atoms with Gasteiger partial charge >= 0.3 is 12.0 Å². The first-order valence-corrected chi connectivity index (χ1v) is 16.2. The number of carbonyl (C=O) groups is 4. The summed E-state index contributed by atoms with van der Waals surface area (Å²) >= 11 is 0. The molecule has 2 unspecified atom stereocenters. The van der Waals surface area contributed by atoms with Crippen LogP contribution in [0.4, 0.5) is 4.79 Å². The van der Waals surface area contributed by atoms with Crippen LogP contribution < -0.4 is 0 Å². The average Bonchev–Trinajstić information content (AvgIpc) is 3.06. The number of piperazine rings is 1. The Hall–Kier alpha value is -3.68. The molecule has 3 fully saturated rings. The summed E-state index contributed by atoms with van der Waals surface area (Å²) < 4.78 is 5.64. The van der Waals surface area contributed by atoms with E-state index in [1.807, 2.05) is 41.3 Å². The summed E-state index contributed by atoms with van der Waals surface area (Å²) in [4.78, 5) is 57.6. The first-order valence-electron chi connectivity index (χ1n) is 16.2. The van der Waals surface area contributed by atoms with Gasteiger partial charge in [-0.3, -0.25) is 9.59 Å². The molecule has 0 radical (unpaired) electrons. The number of hydrogen-bond acceptors (Lipinski definition) is 5. The van der Waals surface area contributed by atoms with Crippen molar-refractivity contribution in [3.8, 4) is 0 Å². The molecule has 2 atom stereocenters. The van der Waals surface area contributed by atoms with Crippen molar-refractivity contribution in [1.29, 1.82) is 0 Å². The summed E-state index contributed by atoms with van der Waals surface area (Å²) in [7, 11) is 0. The first-order chi connectivity index (χ1) is 21.0. The number of aryl methyl sites for hydroxylation is 1. The highest BCUT2D eigenvalue weighted by atomic mass is 16.5. The van der Waals surface area contributed by atoms with E-state index in [-0.39, 0.29) is 18.4 Å². The summed E-state index contributed by atoms with van der Waals surface area (Å²) in [5.74, 6) is -0.788. The van der Waals surface area contributed by atoms with E-state index in [1.54, 1.807) is 4.90 Å².